The smallest absolute Gasteiger partial charge is 0.409 e. The van der Waals surface area contributed by atoms with Crippen LogP contribution >= 0.6 is 0 Å². The van der Waals surface area contributed by atoms with E-state index in [1.54, 1.807) is 11.8 Å². The van der Waals surface area contributed by atoms with Gasteiger partial charge in [-0.2, -0.15) is 0 Å². The van der Waals surface area contributed by atoms with E-state index in [2.05, 4.69) is 20.9 Å². The van der Waals surface area contributed by atoms with Gasteiger partial charge in [0.05, 0.1) is 6.61 Å². The number of guanidine groups is 1. The second kappa shape index (κ2) is 10.7. The lowest BCUT2D eigenvalue weighted by molar-refractivity contribution is -0.119. The van der Waals surface area contributed by atoms with E-state index < -0.39 is 0 Å². The van der Waals surface area contributed by atoms with E-state index in [9.17, 15) is 9.59 Å². The highest BCUT2D eigenvalue weighted by Gasteiger charge is 2.24. The van der Waals surface area contributed by atoms with Gasteiger partial charge in [0, 0.05) is 32.2 Å². The normalized spacial score (nSPS) is 16.0. The number of nitrogens with one attached hydrogen (secondary N) is 3. The van der Waals surface area contributed by atoms with Crippen LogP contribution in [0.5, 0.6) is 0 Å². The van der Waals surface area contributed by atoms with Crippen LogP contribution in [0.4, 0.5) is 4.79 Å². The third-order valence-corrected chi connectivity index (χ3v) is 3.46. The lowest BCUT2D eigenvalue weighted by Gasteiger charge is -2.32. The Morgan fingerprint density at radius 3 is 2.35 bits per heavy atom. The molecular weight excluding hydrogens is 298 g/mol. The van der Waals surface area contributed by atoms with Crippen molar-refractivity contribution in [1.29, 1.82) is 0 Å². The number of nitrogens with zero attached hydrogens (tertiary/aromatic N) is 2. The number of piperidine rings is 1. The molecular formula is C15H29N5O3. The molecule has 0 aliphatic carbocycles. The van der Waals surface area contributed by atoms with Gasteiger partial charge in [0.1, 0.15) is 6.54 Å². The summed E-state index contributed by atoms with van der Waals surface area (Å²) >= 11 is 0. The van der Waals surface area contributed by atoms with Crippen LogP contribution in [0.2, 0.25) is 0 Å². The Balaban J connectivity index is 2.44. The Morgan fingerprint density at radius 2 is 1.78 bits per heavy atom. The van der Waals surface area contributed by atoms with Crippen LogP contribution in [0.25, 0.3) is 0 Å². The van der Waals surface area contributed by atoms with Crippen molar-refractivity contribution in [3.8, 4) is 0 Å². The SMILES string of the molecule is CCNC(=O)CN=C(NCC)NC1CCN(C(=O)OCC)CC1. The Hall–Kier alpha value is -1.99. The van der Waals surface area contributed by atoms with Gasteiger partial charge in [-0.15, -0.1) is 0 Å². The predicted octanol–water partition coefficient (Wildman–Crippen LogP) is 0.299. The maximum Gasteiger partial charge on any atom is 0.409 e. The second-order valence-corrected chi connectivity index (χ2v) is 5.25. The third-order valence-electron chi connectivity index (χ3n) is 3.46. The van der Waals surface area contributed by atoms with Crippen molar-refractivity contribution in [2.45, 2.75) is 39.7 Å². The van der Waals surface area contributed by atoms with E-state index in [-0.39, 0.29) is 24.6 Å². The molecule has 2 amide bonds. The van der Waals surface area contributed by atoms with Crippen molar-refractivity contribution in [2.75, 3.05) is 39.3 Å². The Kier molecular flexibility index (Phi) is 8.86. The maximum absolute atomic E-state index is 11.7. The molecule has 1 aliphatic heterocycles. The predicted molar refractivity (Wildman–Crippen MR) is 89.4 cm³/mol. The summed E-state index contributed by atoms with van der Waals surface area (Å²) in [5.41, 5.74) is 0. The van der Waals surface area contributed by atoms with Crippen LogP contribution in [0.3, 0.4) is 0 Å². The molecule has 132 valence electrons. The lowest BCUT2D eigenvalue weighted by Crippen LogP contribution is -2.50. The van der Waals surface area contributed by atoms with Crippen LogP contribution < -0.4 is 16.0 Å². The molecule has 1 saturated heterocycles. The first-order valence-electron chi connectivity index (χ1n) is 8.33. The summed E-state index contributed by atoms with van der Waals surface area (Å²) in [6.45, 7) is 8.81. The molecule has 0 bridgehead atoms. The highest BCUT2D eigenvalue weighted by Crippen LogP contribution is 2.11. The molecule has 0 aromatic heterocycles. The number of aliphatic imine (C=N–C) groups is 1. The molecule has 23 heavy (non-hydrogen) atoms. The number of hydrogen-bond acceptors (Lipinski definition) is 4. The van der Waals surface area contributed by atoms with Gasteiger partial charge in [-0.05, 0) is 33.6 Å². The van der Waals surface area contributed by atoms with Crippen molar-refractivity contribution in [2.24, 2.45) is 4.99 Å². The van der Waals surface area contributed by atoms with E-state index in [0.717, 1.165) is 19.4 Å². The molecule has 1 aliphatic rings. The monoisotopic (exact) mass is 327 g/mol. The van der Waals surface area contributed by atoms with Crippen molar-refractivity contribution in [1.82, 2.24) is 20.9 Å². The highest BCUT2D eigenvalue weighted by molar-refractivity contribution is 5.85. The zero-order valence-corrected chi connectivity index (χ0v) is 14.4. The molecule has 0 atom stereocenters. The molecule has 3 N–H and O–H groups in total. The molecule has 1 heterocycles. The quantitative estimate of drug-likeness (QED) is 0.482. The standard InChI is InChI=1S/C15H29N5O3/c1-4-16-13(21)11-18-14(17-5-2)19-12-7-9-20(10-8-12)15(22)23-6-3/h12H,4-11H2,1-3H3,(H,16,21)(H2,17,18,19). The van der Waals surface area contributed by atoms with Gasteiger partial charge < -0.3 is 25.6 Å². The number of hydrogen-bond donors (Lipinski definition) is 3. The highest BCUT2D eigenvalue weighted by atomic mass is 16.6. The van der Waals surface area contributed by atoms with E-state index in [4.69, 9.17) is 4.74 Å². The van der Waals surface area contributed by atoms with Crippen molar-refractivity contribution < 1.29 is 14.3 Å². The Labute approximate surface area is 138 Å². The van der Waals surface area contributed by atoms with E-state index >= 15 is 0 Å². The van der Waals surface area contributed by atoms with E-state index in [1.807, 2.05) is 13.8 Å². The van der Waals surface area contributed by atoms with Crippen molar-refractivity contribution in [3.63, 3.8) is 0 Å². The maximum atomic E-state index is 11.7. The summed E-state index contributed by atoms with van der Waals surface area (Å²) < 4.78 is 5.01. The fourth-order valence-electron chi connectivity index (χ4n) is 2.34. The fourth-order valence-corrected chi connectivity index (χ4v) is 2.34. The number of rotatable bonds is 6. The summed E-state index contributed by atoms with van der Waals surface area (Å²) in [6.07, 6.45) is 1.40. The molecule has 0 aromatic carbocycles. The Bertz CT molecular complexity index is 406. The molecule has 1 fully saturated rings. The second-order valence-electron chi connectivity index (χ2n) is 5.25. The summed E-state index contributed by atoms with van der Waals surface area (Å²) in [5.74, 6) is 0.537. The molecule has 0 aromatic rings. The average Bonchev–Trinajstić information content (AvgIpc) is 2.54. The fraction of sp³-hybridized carbons (Fsp3) is 0.800. The zero-order valence-electron chi connectivity index (χ0n) is 14.4. The van der Waals surface area contributed by atoms with Gasteiger partial charge in [0.25, 0.3) is 0 Å². The molecule has 0 radical (unpaired) electrons. The average molecular weight is 327 g/mol. The van der Waals surface area contributed by atoms with Gasteiger partial charge >= 0.3 is 6.09 Å². The van der Waals surface area contributed by atoms with E-state index in [1.165, 1.54) is 0 Å². The molecule has 0 unspecified atom stereocenters. The number of carbonyl (C=O) groups is 2. The first-order valence-corrected chi connectivity index (χ1v) is 8.33. The van der Waals surface area contributed by atoms with Crippen LogP contribution in [0.1, 0.15) is 33.6 Å². The molecule has 0 saturated carbocycles. The number of likely N-dealkylation sites (tertiary alicyclic amines) is 1. The molecule has 0 spiro atoms. The van der Waals surface area contributed by atoms with Gasteiger partial charge in [-0.3, -0.25) is 4.79 Å². The summed E-state index contributed by atoms with van der Waals surface area (Å²) in [4.78, 5) is 29.2. The van der Waals surface area contributed by atoms with Crippen LogP contribution in [0.15, 0.2) is 4.99 Å². The van der Waals surface area contributed by atoms with Crippen LogP contribution in [-0.2, 0) is 9.53 Å². The van der Waals surface area contributed by atoms with Gasteiger partial charge in [-0.1, -0.05) is 0 Å². The van der Waals surface area contributed by atoms with Gasteiger partial charge in [-0.25, -0.2) is 9.79 Å². The Morgan fingerprint density at radius 1 is 1.13 bits per heavy atom. The first-order chi connectivity index (χ1) is 11.1. The molecule has 1 rings (SSSR count). The topological polar surface area (TPSA) is 95.1 Å². The van der Waals surface area contributed by atoms with Crippen molar-refractivity contribution in [3.05, 3.63) is 0 Å². The van der Waals surface area contributed by atoms with Crippen LogP contribution in [-0.4, -0.2) is 68.2 Å². The zero-order chi connectivity index (χ0) is 17.1. The molecule has 8 nitrogen and oxygen atoms in total. The minimum atomic E-state index is -0.247. The number of amides is 2. The van der Waals surface area contributed by atoms with E-state index in [0.29, 0.717) is 32.2 Å². The van der Waals surface area contributed by atoms with Crippen molar-refractivity contribution >= 4 is 18.0 Å². The molecule has 8 heteroatoms. The van der Waals surface area contributed by atoms with Crippen LogP contribution in [0, 0.1) is 0 Å². The van der Waals surface area contributed by atoms with Gasteiger partial charge in [0.15, 0.2) is 5.96 Å². The number of carbonyl (C=O) groups excluding carboxylic acids is 2. The number of ether oxygens (including phenoxy) is 1. The summed E-state index contributed by atoms with van der Waals surface area (Å²) in [5, 5.41) is 9.18. The summed E-state index contributed by atoms with van der Waals surface area (Å²) in [7, 11) is 0. The number of likely N-dealkylation sites (N-methyl/N-ethyl adjacent to an activating group) is 1. The largest absolute Gasteiger partial charge is 0.450 e. The third kappa shape index (κ3) is 7.21. The summed E-state index contributed by atoms with van der Waals surface area (Å²) in [6, 6.07) is 0.229. The minimum Gasteiger partial charge on any atom is -0.450 e. The minimum absolute atomic E-state index is 0.0955. The van der Waals surface area contributed by atoms with Gasteiger partial charge in [0.2, 0.25) is 5.91 Å². The lowest BCUT2D eigenvalue weighted by atomic mass is 10.1. The first kappa shape index (κ1) is 19.1.